The smallest absolute Gasteiger partial charge is 0.250 e. The van der Waals surface area contributed by atoms with Gasteiger partial charge >= 0.3 is 0 Å². The highest BCUT2D eigenvalue weighted by molar-refractivity contribution is 9.10. The molecule has 4 rings (SSSR count). The van der Waals surface area contributed by atoms with Crippen LogP contribution in [0.1, 0.15) is 18.1 Å². The number of nitrogens with one attached hydrogen (secondary N) is 3. The van der Waals surface area contributed by atoms with Gasteiger partial charge in [0.15, 0.2) is 0 Å². The zero-order chi connectivity index (χ0) is 22.2. The monoisotopic (exact) mass is 487 g/mol. The van der Waals surface area contributed by atoms with Crippen LogP contribution in [0, 0.1) is 0 Å². The number of halogens is 1. The predicted molar refractivity (Wildman–Crippen MR) is 133 cm³/mol. The van der Waals surface area contributed by atoms with Crippen LogP contribution in [0.25, 0.3) is 0 Å². The van der Waals surface area contributed by atoms with E-state index in [4.69, 9.17) is 0 Å². The van der Waals surface area contributed by atoms with Gasteiger partial charge in [0.05, 0.1) is 5.71 Å². The number of nitrogens with zero attached hydrogens (tertiary/aromatic N) is 4. The largest absolute Gasteiger partial charge is 0.350 e. The minimum absolute atomic E-state index is 0.338. The SMILES string of the molecule is CC(=NNc1nc(NCc2ccccc2)nc(Nc2ccccc2)n1)c1ccc(Br)cc1. The van der Waals surface area contributed by atoms with Crippen molar-refractivity contribution in [1.82, 2.24) is 15.0 Å². The first-order valence-corrected chi connectivity index (χ1v) is 10.9. The topological polar surface area (TPSA) is 87.1 Å². The molecule has 1 aromatic heterocycles. The van der Waals surface area contributed by atoms with E-state index in [-0.39, 0.29) is 0 Å². The zero-order valence-corrected chi connectivity index (χ0v) is 19.0. The first-order valence-electron chi connectivity index (χ1n) is 10.1. The molecule has 0 fully saturated rings. The zero-order valence-electron chi connectivity index (χ0n) is 17.5. The molecular weight excluding hydrogens is 466 g/mol. The van der Waals surface area contributed by atoms with E-state index in [1.165, 1.54) is 0 Å². The Labute approximate surface area is 195 Å². The van der Waals surface area contributed by atoms with Crippen LogP contribution in [0.4, 0.5) is 23.5 Å². The van der Waals surface area contributed by atoms with Crippen molar-refractivity contribution < 1.29 is 0 Å². The highest BCUT2D eigenvalue weighted by Crippen LogP contribution is 2.17. The number of benzene rings is 3. The fourth-order valence-corrected chi connectivity index (χ4v) is 3.14. The summed E-state index contributed by atoms with van der Waals surface area (Å²) in [5, 5.41) is 10.9. The molecule has 3 N–H and O–H groups in total. The highest BCUT2D eigenvalue weighted by Gasteiger charge is 2.08. The second kappa shape index (κ2) is 10.5. The van der Waals surface area contributed by atoms with Gasteiger partial charge < -0.3 is 10.6 Å². The summed E-state index contributed by atoms with van der Waals surface area (Å²) in [7, 11) is 0. The van der Waals surface area contributed by atoms with Gasteiger partial charge in [-0.15, -0.1) is 0 Å². The van der Waals surface area contributed by atoms with Crippen molar-refractivity contribution in [2.45, 2.75) is 13.5 Å². The van der Waals surface area contributed by atoms with Crippen molar-refractivity contribution in [2.75, 3.05) is 16.1 Å². The molecule has 0 saturated heterocycles. The Kier molecular flexibility index (Phi) is 7.04. The molecule has 0 atom stereocenters. The van der Waals surface area contributed by atoms with Crippen molar-refractivity contribution in [1.29, 1.82) is 0 Å². The molecule has 0 aliphatic carbocycles. The summed E-state index contributed by atoms with van der Waals surface area (Å²) in [5.74, 6) is 1.20. The van der Waals surface area contributed by atoms with Crippen molar-refractivity contribution in [3.8, 4) is 0 Å². The third-order valence-corrected chi connectivity index (χ3v) is 5.07. The number of hydrazone groups is 1. The normalized spacial score (nSPS) is 11.1. The van der Waals surface area contributed by atoms with E-state index in [1.807, 2.05) is 91.9 Å². The average molecular weight is 488 g/mol. The van der Waals surface area contributed by atoms with Crippen LogP contribution in [0.3, 0.4) is 0 Å². The van der Waals surface area contributed by atoms with Crippen molar-refractivity contribution in [3.63, 3.8) is 0 Å². The Morgan fingerprint density at radius 3 is 2.12 bits per heavy atom. The maximum Gasteiger partial charge on any atom is 0.250 e. The lowest BCUT2D eigenvalue weighted by Gasteiger charge is -2.10. The fraction of sp³-hybridized carbons (Fsp3) is 0.0833. The molecule has 7 nitrogen and oxygen atoms in total. The summed E-state index contributed by atoms with van der Waals surface area (Å²) in [4.78, 5) is 13.4. The molecule has 4 aromatic rings. The predicted octanol–water partition coefficient (Wildman–Crippen LogP) is 5.83. The van der Waals surface area contributed by atoms with Crippen LogP contribution in [-0.2, 0) is 6.54 Å². The maximum absolute atomic E-state index is 4.50. The Balaban J connectivity index is 1.55. The van der Waals surface area contributed by atoms with Gasteiger partial charge in [0.1, 0.15) is 0 Å². The van der Waals surface area contributed by atoms with E-state index in [0.717, 1.165) is 27.0 Å². The average Bonchev–Trinajstić information content (AvgIpc) is 2.83. The van der Waals surface area contributed by atoms with E-state index in [0.29, 0.717) is 24.4 Å². The Hall–Kier alpha value is -3.78. The molecule has 32 heavy (non-hydrogen) atoms. The van der Waals surface area contributed by atoms with Gasteiger partial charge in [-0.05, 0) is 42.3 Å². The molecule has 160 valence electrons. The minimum Gasteiger partial charge on any atom is -0.350 e. The van der Waals surface area contributed by atoms with E-state index >= 15 is 0 Å². The van der Waals surface area contributed by atoms with Crippen molar-refractivity contribution >= 4 is 45.2 Å². The first-order chi connectivity index (χ1) is 15.7. The first kappa shape index (κ1) is 21.5. The van der Waals surface area contributed by atoms with Crippen LogP contribution in [0.5, 0.6) is 0 Å². The second-order valence-corrected chi connectivity index (χ2v) is 7.87. The standard InChI is InChI=1S/C24H22BrN7/c1-17(19-12-14-20(25)15-13-19)31-32-24-29-22(26-16-18-8-4-2-5-9-18)28-23(30-24)27-21-10-6-3-7-11-21/h2-15H,16H2,1H3,(H3,26,27,28,29,30,32). The molecule has 0 radical (unpaired) electrons. The Morgan fingerprint density at radius 1 is 0.781 bits per heavy atom. The number of aromatic nitrogens is 3. The van der Waals surface area contributed by atoms with Crippen LogP contribution in [0.15, 0.2) is 94.5 Å². The summed E-state index contributed by atoms with van der Waals surface area (Å²) in [5.41, 5.74) is 6.78. The van der Waals surface area contributed by atoms with Gasteiger partial charge in [0.2, 0.25) is 17.8 Å². The molecule has 0 bridgehead atoms. The van der Waals surface area contributed by atoms with Crippen molar-refractivity contribution in [2.24, 2.45) is 5.10 Å². The van der Waals surface area contributed by atoms with Gasteiger partial charge in [0.25, 0.3) is 0 Å². The minimum atomic E-state index is 0.338. The molecule has 3 aromatic carbocycles. The van der Waals surface area contributed by atoms with Crippen LogP contribution < -0.4 is 16.1 Å². The van der Waals surface area contributed by atoms with Gasteiger partial charge in [-0.25, -0.2) is 5.43 Å². The molecule has 0 amide bonds. The molecule has 0 saturated carbocycles. The van der Waals surface area contributed by atoms with E-state index in [2.05, 4.69) is 52.0 Å². The molecule has 1 heterocycles. The maximum atomic E-state index is 4.50. The lowest BCUT2D eigenvalue weighted by Crippen LogP contribution is -2.10. The van der Waals surface area contributed by atoms with Gasteiger partial charge in [-0.3, -0.25) is 0 Å². The fourth-order valence-electron chi connectivity index (χ4n) is 2.88. The summed E-state index contributed by atoms with van der Waals surface area (Å²) >= 11 is 3.45. The third kappa shape index (κ3) is 6.12. The van der Waals surface area contributed by atoms with Crippen molar-refractivity contribution in [3.05, 3.63) is 101 Å². The summed E-state index contributed by atoms with van der Waals surface area (Å²) in [6.45, 7) is 2.52. The number of hydrogen-bond acceptors (Lipinski definition) is 7. The molecule has 8 heteroatoms. The third-order valence-electron chi connectivity index (χ3n) is 4.54. The van der Waals surface area contributed by atoms with E-state index in [1.54, 1.807) is 0 Å². The Bertz CT molecular complexity index is 1180. The van der Waals surface area contributed by atoms with Crippen LogP contribution in [0.2, 0.25) is 0 Å². The second-order valence-electron chi connectivity index (χ2n) is 6.95. The molecule has 0 spiro atoms. The van der Waals surface area contributed by atoms with Crippen LogP contribution in [-0.4, -0.2) is 20.7 Å². The summed E-state index contributed by atoms with van der Waals surface area (Å²) in [6, 6.07) is 27.8. The summed E-state index contributed by atoms with van der Waals surface area (Å²) in [6.07, 6.45) is 0. The quantitative estimate of drug-likeness (QED) is 0.214. The summed E-state index contributed by atoms with van der Waals surface area (Å²) < 4.78 is 1.02. The highest BCUT2D eigenvalue weighted by atomic mass is 79.9. The number of para-hydroxylation sites is 1. The Morgan fingerprint density at radius 2 is 1.41 bits per heavy atom. The molecule has 0 unspecified atom stereocenters. The lowest BCUT2D eigenvalue weighted by molar-refractivity contribution is 0.998. The van der Waals surface area contributed by atoms with E-state index < -0.39 is 0 Å². The molecule has 0 aliphatic rings. The number of hydrogen-bond donors (Lipinski definition) is 3. The van der Waals surface area contributed by atoms with Crippen LogP contribution >= 0.6 is 15.9 Å². The number of rotatable bonds is 8. The van der Waals surface area contributed by atoms with Gasteiger partial charge in [0, 0.05) is 16.7 Å². The molecule has 0 aliphatic heterocycles. The van der Waals surface area contributed by atoms with Gasteiger partial charge in [-0.2, -0.15) is 20.1 Å². The van der Waals surface area contributed by atoms with E-state index in [9.17, 15) is 0 Å². The lowest BCUT2D eigenvalue weighted by atomic mass is 10.1. The number of anilines is 4. The molecular formula is C24H22BrN7. The van der Waals surface area contributed by atoms with Gasteiger partial charge in [-0.1, -0.05) is 76.6 Å².